The summed E-state index contributed by atoms with van der Waals surface area (Å²) >= 11 is 0. The van der Waals surface area contributed by atoms with Crippen LogP contribution in [0.25, 0.3) is 0 Å². The van der Waals surface area contributed by atoms with Gasteiger partial charge in [-0.3, -0.25) is 38.4 Å². The van der Waals surface area contributed by atoms with Crippen LogP contribution in [0.1, 0.15) is 59.3 Å². The number of esters is 2. The zero-order valence-electron chi connectivity index (χ0n) is 27.8. The van der Waals surface area contributed by atoms with Gasteiger partial charge >= 0.3 is 23.9 Å². The first-order valence-electron chi connectivity index (χ1n) is 15.1. The Morgan fingerprint density at radius 2 is 0.980 bits per heavy atom. The molecule has 2 heterocycles. The molecule has 0 atom stereocenters. The number of hydrogen-bond acceptors (Lipinski definition) is 18. The fourth-order valence-electron chi connectivity index (χ4n) is 3.60. The number of nitrogens with one attached hydrogen (secondary N) is 2. The van der Waals surface area contributed by atoms with Crippen molar-refractivity contribution >= 4 is 79.0 Å². The summed E-state index contributed by atoms with van der Waals surface area (Å²) < 4.78 is 55.9. The van der Waals surface area contributed by atoms with Crippen molar-refractivity contribution in [2.45, 2.75) is 65.4 Å². The first-order valence-corrected chi connectivity index (χ1v) is 18.7. The van der Waals surface area contributed by atoms with Gasteiger partial charge in [0, 0.05) is 38.5 Å². The molecule has 2 saturated heterocycles. The van der Waals surface area contributed by atoms with Crippen molar-refractivity contribution in [1.29, 1.82) is 0 Å². The van der Waals surface area contributed by atoms with Gasteiger partial charge < -0.3 is 29.8 Å². The van der Waals surface area contributed by atoms with Gasteiger partial charge in [0.05, 0.1) is 24.2 Å². The van der Waals surface area contributed by atoms with Crippen molar-refractivity contribution < 1.29 is 83.9 Å². The monoisotopic (exact) mass is 770 g/mol. The lowest BCUT2D eigenvalue weighted by Crippen LogP contribution is -2.38. The first kappa shape index (κ1) is 44.0. The number of rotatable bonds is 18. The minimum Gasteiger partial charge on any atom is -0.465 e. The molecule has 0 aromatic carbocycles. The molecule has 6 amide bonds. The van der Waals surface area contributed by atoms with Gasteiger partial charge in [-0.25, -0.2) is 26.4 Å². The number of hydrogen-bond donors (Lipinski definition) is 2. The third-order valence-electron chi connectivity index (χ3n) is 5.89. The topological polar surface area (TPSA) is 306 Å². The van der Waals surface area contributed by atoms with Gasteiger partial charge in [0.2, 0.25) is 11.8 Å². The smallest absolute Gasteiger partial charge is 0.352 e. The molecule has 0 aliphatic carbocycles. The molecule has 2 aliphatic heterocycles. The van der Waals surface area contributed by atoms with E-state index in [1.807, 2.05) is 0 Å². The zero-order chi connectivity index (χ0) is 38.9. The van der Waals surface area contributed by atoms with E-state index in [0.717, 1.165) is 0 Å². The van der Waals surface area contributed by atoms with Gasteiger partial charge in [-0.1, -0.05) is 0 Å². The van der Waals surface area contributed by atoms with Crippen LogP contribution in [0.3, 0.4) is 0 Å². The highest BCUT2D eigenvalue weighted by atomic mass is 32.2. The molecular weight excluding hydrogens is 732 g/mol. The number of sulfone groups is 2. The molecule has 51 heavy (non-hydrogen) atoms. The first-order chi connectivity index (χ1) is 23.6. The molecule has 0 spiro atoms. The number of carbonyl (C=O) groups excluding carboxylic acids is 10. The molecule has 0 radical (unpaired) electrons. The van der Waals surface area contributed by atoms with Gasteiger partial charge in [-0.05, 0) is 20.8 Å². The lowest BCUT2D eigenvalue weighted by atomic mass is 10.4. The van der Waals surface area contributed by atoms with Crippen LogP contribution in [0.5, 0.6) is 0 Å². The van der Waals surface area contributed by atoms with E-state index < -0.39 is 134 Å². The van der Waals surface area contributed by atoms with E-state index in [1.165, 1.54) is 6.92 Å². The van der Waals surface area contributed by atoms with Gasteiger partial charge in [-0.2, -0.15) is 0 Å². The second-order valence-electron chi connectivity index (χ2n) is 10.7. The molecule has 2 rings (SSSR count). The summed E-state index contributed by atoms with van der Waals surface area (Å²) in [5.41, 5.74) is 0. The fourth-order valence-corrected chi connectivity index (χ4v) is 5.75. The molecule has 0 aromatic heterocycles. The minimum atomic E-state index is -3.84. The van der Waals surface area contributed by atoms with E-state index in [4.69, 9.17) is 4.74 Å². The standard InChI is InChI=1S/C14H20N2O9S.C13H18N2O9S/c1-9(2)24-14(21)8-26(22,23)6-5-10(17)15-7-13(20)25-16-11(18)3-4-12(16)19;1-2-23-13(20)8-25(21,22)6-5-9(16)14-7-12(19)24-15-10(17)3-4-11(15)18/h9H,3-8H2,1-2H3,(H,15,17);2-8H2,1H3,(H,14,16). The number of carbonyl (C=O) groups is 10. The molecule has 0 aromatic rings. The highest BCUT2D eigenvalue weighted by Crippen LogP contribution is 2.12. The Hall–Kier alpha value is -5.00. The van der Waals surface area contributed by atoms with Crippen LogP contribution in [-0.4, -0.2) is 135 Å². The maximum absolute atomic E-state index is 11.7. The molecule has 0 unspecified atom stereocenters. The predicted molar refractivity (Wildman–Crippen MR) is 165 cm³/mol. The van der Waals surface area contributed by atoms with Crippen LogP contribution >= 0.6 is 0 Å². The normalized spacial score (nSPS) is 14.4. The zero-order valence-corrected chi connectivity index (χ0v) is 29.5. The fraction of sp³-hybridized carbons (Fsp3) is 0.630. The average Bonchev–Trinajstić information content (AvgIpc) is 3.50. The van der Waals surface area contributed by atoms with Crippen LogP contribution in [0, 0.1) is 0 Å². The largest absolute Gasteiger partial charge is 0.465 e. The van der Waals surface area contributed by atoms with E-state index >= 15 is 0 Å². The Balaban J connectivity index is 0.000000510. The van der Waals surface area contributed by atoms with Crippen molar-refractivity contribution in [1.82, 2.24) is 20.8 Å². The van der Waals surface area contributed by atoms with Gasteiger partial charge in [0.15, 0.2) is 19.7 Å². The molecule has 2 aliphatic rings. The molecule has 2 fully saturated rings. The Labute approximate surface area is 291 Å². The Morgan fingerprint density at radius 3 is 1.31 bits per heavy atom. The third-order valence-corrected chi connectivity index (χ3v) is 8.89. The lowest BCUT2D eigenvalue weighted by Gasteiger charge is -2.12. The second-order valence-corrected chi connectivity index (χ2v) is 15.0. The predicted octanol–water partition coefficient (Wildman–Crippen LogP) is -3.46. The summed E-state index contributed by atoms with van der Waals surface area (Å²) in [6, 6.07) is 0. The van der Waals surface area contributed by atoms with E-state index in [2.05, 4.69) is 25.0 Å². The average molecular weight is 771 g/mol. The number of nitrogens with zero attached hydrogens (tertiary/aromatic N) is 2. The summed E-state index contributed by atoms with van der Waals surface area (Å²) in [6.07, 6.45) is -1.65. The van der Waals surface area contributed by atoms with Crippen LogP contribution in [-0.2, 0) is 86.8 Å². The van der Waals surface area contributed by atoms with Crippen molar-refractivity contribution in [3.05, 3.63) is 0 Å². The van der Waals surface area contributed by atoms with Gasteiger partial charge in [-0.15, -0.1) is 10.1 Å². The molecule has 0 bridgehead atoms. The number of imide groups is 2. The SMILES string of the molecule is CC(C)OC(=O)CS(=O)(=O)CCC(=O)NCC(=O)ON1C(=O)CCC1=O.CCOC(=O)CS(=O)(=O)CCC(=O)NCC(=O)ON1C(=O)CCC1=O. The Morgan fingerprint density at radius 1 is 0.627 bits per heavy atom. The number of amides is 6. The van der Waals surface area contributed by atoms with E-state index in [1.54, 1.807) is 13.8 Å². The van der Waals surface area contributed by atoms with Crippen molar-refractivity contribution in [3.63, 3.8) is 0 Å². The van der Waals surface area contributed by atoms with Crippen molar-refractivity contribution in [2.24, 2.45) is 0 Å². The molecule has 286 valence electrons. The van der Waals surface area contributed by atoms with E-state index in [-0.39, 0.29) is 32.3 Å². The highest BCUT2D eigenvalue weighted by Gasteiger charge is 2.34. The Kier molecular flexibility index (Phi) is 17.8. The minimum absolute atomic E-state index is 0.0406. The second kappa shape index (κ2) is 20.6. The summed E-state index contributed by atoms with van der Waals surface area (Å²) in [6.45, 7) is 3.42. The number of ether oxygens (including phenoxy) is 2. The molecule has 2 N–H and O–H groups in total. The van der Waals surface area contributed by atoms with E-state index in [9.17, 15) is 64.8 Å². The Bertz CT molecular complexity index is 1570. The van der Waals surface area contributed by atoms with Crippen LogP contribution in [0.2, 0.25) is 0 Å². The van der Waals surface area contributed by atoms with Crippen LogP contribution in [0.4, 0.5) is 0 Å². The third kappa shape index (κ3) is 18.0. The molecule has 24 heteroatoms. The van der Waals surface area contributed by atoms with Crippen molar-refractivity contribution in [2.75, 3.05) is 42.7 Å². The van der Waals surface area contributed by atoms with Crippen LogP contribution < -0.4 is 10.6 Å². The number of hydroxylamine groups is 4. The highest BCUT2D eigenvalue weighted by molar-refractivity contribution is 7.92. The summed E-state index contributed by atoms with van der Waals surface area (Å²) in [5.74, 6) is -11.0. The maximum atomic E-state index is 11.7. The van der Waals surface area contributed by atoms with Crippen LogP contribution in [0.15, 0.2) is 0 Å². The molecular formula is C27H38N4O18S2. The van der Waals surface area contributed by atoms with Gasteiger partial charge in [0.1, 0.15) is 24.6 Å². The quantitative estimate of drug-likeness (QED) is 0.101. The van der Waals surface area contributed by atoms with Crippen molar-refractivity contribution in [3.8, 4) is 0 Å². The summed E-state index contributed by atoms with van der Waals surface area (Å²) in [5, 5.41) is 4.86. The molecule has 0 saturated carbocycles. The van der Waals surface area contributed by atoms with Gasteiger partial charge in [0.25, 0.3) is 23.6 Å². The lowest BCUT2D eigenvalue weighted by molar-refractivity contribution is -0.196. The summed E-state index contributed by atoms with van der Waals surface area (Å²) in [4.78, 5) is 123. The summed E-state index contributed by atoms with van der Waals surface area (Å²) in [7, 11) is -7.66. The molecule has 22 nitrogen and oxygen atoms in total. The maximum Gasteiger partial charge on any atom is 0.352 e. The van der Waals surface area contributed by atoms with E-state index in [0.29, 0.717) is 10.1 Å².